The van der Waals surface area contributed by atoms with Gasteiger partial charge in [-0.3, -0.25) is 0 Å². The number of rotatable bonds is 3. The number of halogens is 3. The lowest BCUT2D eigenvalue weighted by Gasteiger charge is -2.09. The zero-order valence-corrected chi connectivity index (χ0v) is 12.1. The summed E-state index contributed by atoms with van der Waals surface area (Å²) < 4.78 is 5.45. The van der Waals surface area contributed by atoms with Crippen molar-refractivity contribution in [3.63, 3.8) is 0 Å². The first-order valence-corrected chi connectivity index (χ1v) is 6.42. The van der Waals surface area contributed by atoms with Gasteiger partial charge >= 0.3 is 0 Å². The monoisotopic (exact) mass is 304 g/mol. The lowest BCUT2D eigenvalue weighted by Crippen LogP contribution is -2.01. The van der Waals surface area contributed by atoms with Gasteiger partial charge in [0.15, 0.2) is 0 Å². The van der Waals surface area contributed by atoms with E-state index in [9.17, 15) is 0 Å². The topological polar surface area (TPSA) is 38.1 Å². The second kappa shape index (κ2) is 5.39. The molecular formula is C12H11Cl3N2O. The highest BCUT2D eigenvalue weighted by Crippen LogP contribution is 2.33. The number of oxazole rings is 1. The maximum absolute atomic E-state index is 6.06. The number of nitrogens with one attached hydrogen (secondary N) is 1. The Morgan fingerprint density at radius 1 is 1.17 bits per heavy atom. The molecule has 0 aliphatic carbocycles. The van der Waals surface area contributed by atoms with Gasteiger partial charge in [0.25, 0.3) is 0 Å². The summed E-state index contributed by atoms with van der Waals surface area (Å²) in [5.41, 5.74) is 1.50. The van der Waals surface area contributed by atoms with Crippen LogP contribution in [0.25, 0.3) is 0 Å². The number of anilines is 1. The SMILES string of the molecule is Cc1nc(CNc2c(Cl)cc(Cl)cc2Cl)oc1C. The predicted octanol–water partition coefficient (Wildman–Crippen LogP) is 4.86. The van der Waals surface area contributed by atoms with E-state index in [1.54, 1.807) is 12.1 Å². The molecule has 0 atom stereocenters. The molecule has 0 amide bonds. The maximum atomic E-state index is 6.06. The van der Waals surface area contributed by atoms with Gasteiger partial charge in [-0.05, 0) is 26.0 Å². The van der Waals surface area contributed by atoms with E-state index in [1.165, 1.54) is 0 Å². The molecule has 0 unspecified atom stereocenters. The number of aromatic nitrogens is 1. The molecule has 1 aromatic carbocycles. The predicted molar refractivity (Wildman–Crippen MR) is 74.8 cm³/mol. The van der Waals surface area contributed by atoms with Crippen molar-refractivity contribution in [2.45, 2.75) is 20.4 Å². The van der Waals surface area contributed by atoms with E-state index in [1.807, 2.05) is 13.8 Å². The van der Waals surface area contributed by atoms with Crippen molar-refractivity contribution < 1.29 is 4.42 Å². The number of aryl methyl sites for hydroxylation is 2. The molecule has 0 aliphatic heterocycles. The number of hydrogen-bond donors (Lipinski definition) is 1. The van der Waals surface area contributed by atoms with E-state index in [-0.39, 0.29) is 0 Å². The van der Waals surface area contributed by atoms with Gasteiger partial charge in [0.2, 0.25) is 5.89 Å². The molecule has 0 aliphatic rings. The average molecular weight is 306 g/mol. The summed E-state index contributed by atoms with van der Waals surface area (Å²) in [6.07, 6.45) is 0. The van der Waals surface area contributed by atoms with Crippen molar-refractivity contribution >= 4 is 40.5 Å². The highest BCUT2D eigenvalue weighted by Gasteiger charge is 2.10. The summed E-state index contributed by atoms with van der Waals surface area (Å²) in [5.74, 6) is 1.40. The van der Waals surface area contributed by atoms with Crippen LogP contribution < -0.4 is 5.32 Å². The van der Waals surface area contributed by atoms with E-state index >= 15 is 0 Å². The smallest absolute Gasteiger partial charge is 0.213 e. The molecule has 1 heterocycles. The van der Waals surface area contributed by atoms with Crippen LogP contribution in [-0.4, -0.2) is 4.98 Å². The van der Waals surface area contributed by atoms with Crippen molar-refractivity contribution in [2.24, 2.45) is 0 Å². The lowest BCUT2D eigenvalue weighted by molar-refractivity contribution is 0.478. The molecule has 6 heteroatoms. The van der Waals surface area contributed by atoms with Crippen LogP contribution in [0.3, 0.4) is 0 Å². The number of hydrogen-bond acceptors (Lipinski definition) is 3. The summed E-state index contributed by atoms with van der Waals surface area (Å²) >= 11 is 17.9. The highest BCUT2D eigenvalue weighted by atomic mass is 35.5. The second-order valence-corrected chi connectivity index (χ2v) is 5.10. The zero-order valence-electron chi connectivity index (χ0n) is 9.85. The molecule has 0 spiro atoms. The van der Waals surface area contributed by atoms with Crippen molar-refractivity contribution in [2.75, 3.05) is 5.32 Å². The van der Waals surface area contributed by atoms with Crippen LogP contribution in [0, 0.1) is 13.8 Å². The Morgan fingerprint density at radius 3 is 2.28 bits per heavy atom. The van der Waals surface area contributed by atoms with Gasteiger partial charge < -0.3 is 9.73 Å². The van der Waals surface area contributed by atoms with Gasteiger partial charge in [-0.1, -0.05) is 34.8 Å². The minimum Gasteiger partial charge on any atom is -0.444 e. The third-order valence-corrected chi connectivity index (χ3v) is 3.31. The van der Waals surface area contributed by atoms with Crippen molar-refractivity contribution in [3.8, 4) is 0 Å². The largest absolute Gasteiger partial charge is 0.444 e. The normalized spacial score (nSPS) is 10.7. The molecular weight excluding hydrogens is 295 g/mol. The molecule has 0 bridgehead atoms. The summed E-state index contributed by atoms with van der Waals surface area (Å²) in [6, 6.07) is 3.26. The van der Waals surface area contributed by atoms with E-state index in [0.717, 1.165) is 11.5 Å². The molecule has 96 valence electrons. The minimum absolute atomic E-state index is 0.412. The van der Waals surface area contributed by atoms with Crippen LogP contribution in [0.5, 0.6) is 0 Å². The van der Waals surface area contributed by atoms with Gasteiger partial charge in [0.1, 0.15) is 5.76 Å². The lowest BCUT2D eigenvalue weighted by atomic mass is 10.3. The summed E-state index contributed by atoms with van der Waals surface area (Å²) in [4.78, 5) is 4.26. The van der Waals surface area contributed by atoms with Crippen LogP contribution in [0.1, 0.15) is 17.3 Å². The van der Waals surface area contributed by atoms with Crippen LogP contribution in [0.15, 0.2) is 16.5 Å². The Kier molecular flexibility index (Phi) is 4.05. The average Bonchev–Trinajstić information content (AvgIpc) is 2.56. The first-order chi connectivity index (χ1) is 8.47. The van der Waals surface area contributed by atoms with Crippen molar-refractivity contribution in [1.82, 2.24) is 4.98 Å². The first kappa shape index (κ1) is 13.5. The molecule has 2 aromatic rings. The third kappa shape index (κ3) is 2.91. The minimum atomic E-state index is 0.412. The summed E-state index contributed by atoms with van der Waals surface area (Å²) in [7, 11) is 0. The van der Waals surface area contributed by atoms with Crippen molar-refractivity contribution in [1.29, 1.82) is 0 Å². The Hall–Kier alpha value is -0.900. The molecule has 0 fully saturated rings. The summed E-state index contributed by atoms with van der Waals surface area (Å²) in [5, 5.41) is 4.52. The molecule has 0 saturated heterocycles. The van der Waals surface area contributed by atoms with Gasteiger partial charge in [0, 0.05) is 5.02 Å². The Bertz CT molecular complexity index is 538. The molecule has 1 aromatic heterocycles. The number of benzene rings is 1. The van der Waals surface area contributed by atoms with E-state index in [0.29, 0.717) is 33.2 Å². The molecule has 3 nitrogen and oxygen atoms in total. The Balaban J connectivity index is 2.15. The standard InChI is InChI=1S/C12H11Cl3N2O/c1-6-7(2)18-11(17-6)5-16-12-9(14)3-8(13)4-10(12)15/h3-4,16H,5H2,1-2H3. The van der Waals surface area contributed by atoms with Crippen LogP contribution >= 0.6 is 34.8 Å². The quantitative estimate of drug-likeness (QED) is 0.879. The first-order valence-electron chi connectivity index (χ1n) is 5.28. The Morgan fingerprint density at radius 2 is 1.78 bits per heavy atom. The fraction of sp³-hybridized carbons (Fsp3) is 0.250. The highest BCUT2D eigenvalue weighted by molar-refractivity contribution is 6.41. The van der Waals surface area contributed by atoms with Crippen LogP contribution in [-0.2, 0) is 6.54 Å². The fourth-order valence-electron chi connectivity index (χ4n) is 1.49. The molecule has 0 saturated carbocycles. The summed E-state index contributed by atoms with van der Waals surface area (Å²) in [6.45, 7) is 4.18. The second-order valence-electron chi connectivity index (χ2n) is 3.85. The van der Waals surface area contributed by atoms with Crippen LogP contribution in [0.4, 0.5) is 5.69 Å². The van der Waals surface area contributed by atoms with E-state index < -0.39 is 0 Å². The zero-order chi connectivity index (χ0) is 13.3. The van der Waals surface area contributed by atoms with Gasteiger partial charge in [-0.25, -0.2) is 4.98 Å². The van der Waals surface area contributed by atoms with Crippen molar-refractivity contribution in [3.05, 3.63) is 44.5 Å². The van der Waals surface area contributed by atoms with Gasteiger partial charge in [-0.2, -0.15) is 0 Å². The fourth-order valence-corrected chi connectivity index (χ4v) is 2.44. The molecule has 1 N–H and O–H groups in total. The van der Waals surface area contributed by atoms with Gasteiger partial charge in [-0.15, -0.1) is 0 Å². The van der Waals surface area contributed by atoms with Crippen LogP contribution in [0.2, 0.25) is 15.1 Å². The molecule has 2 rings (SSSR count). The van der Waals surface area contributed by atoms with E-state index in [4.69, 9.17) is 39.2 Å². The third-order valence-electron chi connectivity index (χ3n) is 2.50. The Labute approximate surface area is 120 Å². The van der Waals surface area contributed by atoms with Gasteiger partial charge in [0.05, 0.1) is 28.0 Å². The molecule has 18 heavy (non-hydrogen) atoms. The van der Waals surface area contributed by atoms with E-state index in [2.05, 4.69) is 10.3 Å². The number of nitrogens with zero attached hydrogens (tertiary/aromatic N) is 1. The maximum Gasteiger partial charge on any atom is 0.213 e. The molecule has 0 radical (unpaired) electrons.